The van der Waals surface area contributed by atoms with Gasteiger partial charge in [0, 0.05) is 18.5 Å². The monoisotopic (exact) mass is 302 g/mol. The van der Waals surface area contributed by atoms with Crippen LogP contribution >= 0.6 is 11.6 Å². The number of nitrogens with two attached hydrogens (primary N) is 1. The van der Waals surface area contributed by atoms with Gasteiger partial charge >= 0.3 is 0 Å². The molecule has 4 nitrogen and oxygen atoms in total. The van der Waals surface area contributed by atoms with Gasteiger partial charge in [-0.2, -0.15) is 0 Å². The van der Waals surface area contributed by atoms with Crippen LogP contribution in [0.15, 0.2) is 42.5 Å². The quantitative estimate of drug-likeness (QED) is 0.868. The van der Waals surface area contributed by atoms with E-state index in [0.29, 0.717) is 22.8 Å². The van der Waals surface area contributed by atoms with Crippen LogP contribution in [0.1, 0.15) is 5.56 Å². The van der Waals surface area contributed by atoms with Gasteiger partial charge in [0.2, 0.25) is 0 Å². The summed E-state index contributed by atoms with van der Waals surface area (Å²) < 4.78 is 5.72. The number of anilines is 2. The Bertz CT molecular complexity index is 677. The highest BCUT2D eigenvalue weighted by molar-refractivity contribution is 6.31. The molecule has 21 heavy (non-hydrogen) atoms. The number of carbonyl (C=O) groups is 1. The van der Waals surface area contributed by atoms with E-state index in [9.17, 15) is 4.79 Å². The first-order valence-corrected chi connectivity index (χ1v) is 7.01. The van der Waals surface area contributed by atoms with Crippen LogP contribution in [0.5, 0.6) is 5.75 Å². The molecule has 2 aromatic carbocycles. The van der Waals surface area contributed by atoms with Gasteiger partial charge in [-0.15, -0.1) is 0 Å². The van der Waals surface area contributed by atoms with Crippen molar-refractivity contribution in [2.75, 3.05) is 17.7 Å². The van der Waals surface area contributed by atoms with Gasteiger partial charge in [0.1, 0.15) is 5.75 Å². The number of likely N-dealkylation sites (N-methyl/N-ethyl adjacent to an activating group) is 1. The predicted octanol–water partition coefficient (Wildman–Crippen LogP) is 2.89. The zero-order valence-electron chi connectivity index (χ0n) is 11.5. The van der Waals surface area contributed by atoms with Crippen molar-refractivity contribution < 1.29 is 9.53 Å². The molecule has 1 heterocycles. The summed E-state index contributed by atoms with van der Waals surface area (Å²) in [6.45, 7) is 0. The first-order chi connectivity index (χ1) is 10.1. The molecule has 0 saturated heterocycles. The Morgan fingerprint density at radius 3 is 2.86 bits per heavy atom. The zero-order chi connectivity index (χ0) is 15.0. The molecule has 0 fully saturated rings. The summed E-state index contributed by atoms with van der Waals surface area (Å²) in [6, 6.07) is 12.7. The summed E-state index contributed by atoms with van der Waals surface area (Å²) in [5, 5.41) is 0.537. The van der Waals surface area contributed by atoms with Crippen molar-refractivity contribution in [2.45, 2.75) is 12.5 Å². The van der Waals surface area contributed by atoms with Crippen molar-refractivity contribution in [3.05, 3.63) is 53.1 Å². The topological polar surface area (TPSA) is 55.6 Å². The second-order valence-electron chi connectivity index (χ2n) is 5.02. The minimum atomic E-state index is -0.522. The third-order valence-corrected chi connectivity index (χ3v) is 3.84. The molecule has 0 saturated carbocycles. The second-order valence-corrected chi connectivity index (χ2v) is 5.46. The number of rotatable bonds is 2. The zero-order valence-corrected chi connectivity index (χ0v) is 12.3. The smallest absolute Gasteiger partial charge is 0.268 e. The molecule has 0 radical (unpaired) electrons. The van der Waals surface area contributed by atoms with Crippen molar-refractivity contribution >= 4 is 28.9 Å². The van der Waals surface area contributed by atoms with Crippen molar-refractivity contribution in [1.29, 1.82) is 0 Å². The number of fused-ring (bicyclic) bond motifs is 1. The summed E-state index contributed by atoms with van der Waals surface area (Å²) in [5.74, 6) is 0.628. The van der Waals surface area contributed by atoms with Crippen LogP contribution in [0.25, 0.3) is 0 Å². The van der Waals surface area contributed by atoms with Crippen LogP contribution in [0.3, 0.4) is 0 Å². The minimum Gasteiger partial charge on any atom is -0.480 e. The number of hydrogen-bond acceptors (Lipinski definition) is 3. The molecule has 1 amide bonds. The highest BCUT2D eigenvalue weighted by atomic mass is 35.5. The average molecular weight is 303 g/mol. The molecule has 3 rings (SSSR count). The fourth-order valence-electron chi connectivity index (χ4n) is 2.46. The van der Waals surface area contributed by atoms with Crippen molar-refractivity contribution in [3.63, 3.8) is 0 Å². The number of nitrogen functional groups attached to an aromatic ring is 1. The molecule has 1 aliphatic rings. The van der Waals surface area contributed by atoms with E-state index in [2.05, 4.69) is 0 Å². The number of amides is 1. The van der Waals surface area contributed by atoms with Gasteiger partial charge in [-0.1, -0.05) is 29.8 Å². The standard InChI is InChI=1S/C16H15ClN2O2/c1-19(13-9-11(17)6-7-12(13)18)16(20)15-8-10-4-2-3-5-14(10)21-15/h2-7,9,15H,8,18H2,1H3. The number of halogens is 1. The normalized spacial score (nSPS) is 16.2. The van der Waals surface area contributed by atoms with E-state index in [-0.39, 0.29) is 5.91 Å². The summed E-state index contributed by atoms with van der Waals surface area (Å²) in [7, 11) is 1.68. The molecule has 0 aliphatic carbocycles. The van der Waals surface area contributed by atoms with Crippen LogP contribution in [-0.4, -0.2) is 19.1 Å². The molecular weight excluding hydrogens is 288 g/mol. The molecule has 0 bridgehead atoms. The number of benzene rings is 2. The Morgan fingerprint density at radius 2 is 2.10 bits per heavy atom. The summed E-state index contributed by atoms with van der Waals surface area (Å²) in [6.07, 6.45) is 0.0468. The molecule has 1 unspecified atom stereocenters. The lowest BCUT2D eigenvalue weighted by Gasteiger charge is -2.22. The molecule has 0 aromatic heterocycles. The number of hydrogen-bond donors (Lipinski definition) is 1. The summed E-state index contributed by atoms with van der Waals surface area (Å²) in [4.78, 5) is 14.1. The maximum absolute atomic E-state index is 12.6. The minimum absolute atomic E-state index is 0.139. The Balaban J connectivity index is 1.82. The van der Waals surface area contributed by atoms with E-state index in [1.807, 2.05) is 24.3 Å². The number of carbonyl (C=O) groups excluding carboxylic acids is 1. The van der Waals surface area contributed by atoms with Gasteiger partial charge < -0.3 is 15.4 Å². The predicted molar refractivity (Wildman–Crippen MR) is 83.8 cm³/mol. The number of para-hydroxylation sites is 1. The lowest BCUT2D eigenvalue weighted by molar-refractivity contribution is -0.124. The Labute approximate surface area is 128 Å². The third kappa shape index (κ3) is 2.54. The average Bonchev–Trinajstić information content (AvgIpc) is 2.92. The molecule has 0 spiro atoms. The van der Waals surface area contributed by atoms with Gasteiger partial charge in [0.25, 0.3) is 5.91 Å². The van der Waals surface area contributed by atoms with Gasteiger partial charge in [-0.05, 0) is 29.8 Å². The summed E-state index contributed by atoms with van der Waals surface area (Å²) in [5.41, 5.74) is 8.06. The van der Waals surface area contributed by atoms with Crippen LogP contribution in [0, 0.1) is 0 Å². The van der Waals surface area contributed by atoms with E-state index in [1.54, 1.807) is 25.2 Å². The fraction of sp³-hybridized carbons (Fsp3) is 0.188. The first kappa shape index (κ1) is 13.8. The number of ether oxygens (including phenoxy) is 1. The van der Waals surface area contributed by atoms with E-state index < -0.39 is 6.10 Å². The largest absolute Gasteiger partial charge is 0.480 e. The molecule has 2 N–H and O–H groups in total. The van der Waals surface area contributed by atoms with Crippen LogP contribution < -0.4 is 15.4 Å². The van der Waals surface area contributed by atoms with E-state index >= 15 is 0 Å². The van der Waals surface area contributed by atoms with Crippen LogP contribution in [0.2, 0.25) is 5.02 Å². The molecule has 5 heteroatoms. The van der Waals surface area contributed by atoms with E-state index in [0.717, 1.165) is 11.3 Å². The summed E-state index contributed by atoms with van der Waals surface area (Å²) >= 11 is 5.97. The van der Waals surface area contributed by atoms with Gasteiger partial charge in [-0.25, -0.2) is 0 Å². The molecule has 108 valence electrons. The lowest BCUT2D eigenvalue weighted by Crippen LogP contribution is -2.39. The molecule has 2 aromatic rings. The van der Waals surface area contributed by atoms with Crippen LogP contribution in [0.4, 0.5) is 11.4 Å². The van der Waals surface area contributed by atoms with E-state index in [1.165, 1.54) is 4.90 Å². The van der Waals surface area contributed by atoms with Crippen LogP contribution in [-0.2, 0) is 11.2 Å². The van der Waals surface area contributed by atoms with Gasteiger partial charge in [0.05, 0.1) is 11.4 Å². The number of nitrogens with zero attached hydrogens (tertiary/aromatic N) is 1. The Morgan fingerprint density at radius 1 is 1.33 bits per heavy atom. The van der Waals surface area contributed by atoms with Gasteiger partial charge in [0.15, 0.2) is 6.10 Å². The highest BCUT2D eigenvalue weighted by Crippen LogP contribution is 2.31. The van der Waals surface area contributed by atoms with Gasteiger partial charge in [-0.3, -0.25) is 4.79 Å². The lowest BCUT2D eigenvalue weighted by atomic mass is 10.1. The fourth-order valence-corrected chi connectivity index (χ4v) is 2.63. The first-order valence-electron chi connectivity index (χ1n) is 6.63. The van der Waals surface area contributed by atoms with Crippen molar-refractivity contribution in [1.82, 2.24) is 0 Å². The third-order valence-electron chi connectivity index (χ3n) is 3.61. The molecule has 1 atom stereocenters. The maximum atomic E-state index is 12.6. The highest BCUT2D eigenvalue weighted by Gasteiger charge is 2.31. The Kier molecular flexibility index (Phi) is 3.47. The van der Waals surface area contributed by atoms with Crippen molar-refractivity contribution in [3.8, 4) is 5.75 Å². The Hall–Kier alpha value is -2.20. The second kappa shape index (κ2) is 5.30. The molecule has 1 aliphatic heterocycles. The molecular formula is C16H15ClN2O2. The van der Waals surface area contributed by atoms with Crippen molar-refractivity contribution in [2.24, 2.45) is 0 Å². The maximum Gasteiger partial charge on any atom is 0.268 e. The van der Waals surface area contributed by atoms with E-state index in [4.69, 9.17) is 22.1 Å². The SMILES string of the molecule is CN(C(=O)C1Cc2ccccc2O1)c1cc(Cl)ccc1N.